The minimum atomic E-state index is 0.378. The molecule has 98 valence electrons. The third-order valence-corrected chi connectivity index (χ3v) is 4.36. The average molecular weight is 262 g/mol. The summed E-state index contributed by atoms with van der Waals surface area (Å²) >= 11 is 1.86. The second-order valence-electron chi connectivity index (χ2n) is 5.07. The zero-order valence-electron chi connectivity index (χ0n) is 11.4. The molecule has 1 aliphatic rings. The summed E-state index contributed by atoms with van der Waals surface area (Å²) in [6, 6.07) is 11.5. The van der Waals surface area contributed by atoms with Crippen LogP contribution in [0, 0.1) is 5.92 Å². The normalized spacial score (nSPS) is 20.9. The maximum absolute atomic E-state index is 4.77. The molecule has 3 heteroatoms. The number of amidine groups is 1. The van der Waals surface area contributed by atoms with Crippen LogP contribution in [0.15, 0.2) is 35.3 Å². The highest BCUT2D eigenvalue weighted by Crippen LogP contribution is 2.25. The first-order chi connectivity index (χ1) is 8.70. The largest absolute Gasteiger partial charge is 0.358 e. The van der Waals surface area contributed by atoms with Crippen molar-refractivity contribution in [2.45, 2.75) is 39.3 Å². The van der Waals surface area contributed by atoms with Crippen LogP contribution < -0.4 is 5.32 Å². The van der Waals surface area contributed by atoms with Gasteiger partial charge in [0.25, 0.3) is 0 Å². The van der Waals surface area contributed by atoms with Crippen LogP contribution in [0.25, 0.3) is 0 Å². The number of hydrogen-bond donors (Lipinski definition) is 1. The molecule has 0 aliphatic carbocycles. The smallest absolute Gasteiger partial charge is 0.157 e. The van der Waals surface area contributed by atoms with Crippen LogP contribution >= 0.6 is 11.8 Å². The Kier molecular flexibility index (Phi) is 4.70. The fourth-order valence-electron chi connectivity index (χ4n) is 2.07. The van der Waals surface area contributed by atoms with Gasteiger partial charge >= 0.3 is 0 Å². The molecule has 0 radical (unpaired) electrons. The summed E-state index contributed by atoms with van der Waals surface area (Å²) in [6.45, 7) is 6.70. The van der Waals surface area contributed by atoms with Crippen molar-refractivity contribution in [3.8, 4) is 0 Å². The van der Waals surface area contributed by atoms with E-state index < -0.39 is 0 Å². The third kappa shape index (κ3) is 3.29. The molecule has 0 spiro atoms. The van der Waals surface area contributed by atoms with E-state index in [1.54, 1.807) is 0 Å². The lowest BCUT2D eigenvalue weighted by atomic mass is 10.1. The van der Waals surface area contributed by atoms with E-state index in [4.69, 9.17) is 4.99 Å². The highest BCUT2D eigenvalue weighted by atomic mass is 32.2. The van der Waals surface area contributed by atoms with Gasteiger partial charge in [0.05, 0.1) is 12.1 Å². The molecule has 18 heavy (non-hydrogen) atoms. The van der Waals surface area contributed by atoms with Crippen molar-refractivity contribution in [2.75, 3.05) is 5.75 Å². The van der Waals surface area contributed by atoms with Gasteiger partial charge in [0.1, 0.15) is 0 Å². The average Bonchev–Trinajstić information content (AvgIpc) is 2.86. The van der Waals surface area contributed by atoms with E-state index in [1.807, 2.05) is 11.8 Å². The van der Waals surface area contributed by atoms with Gasteiger partial charge in [0.15, 0.2) is 5.17 Å². The lowest BCUT2D eigenvalue weighted by Gasteiger charge is -2.18. The van der Waals surface area contributed by atoms with E-state index in [0.29, 0.717) is 18.0 Å². The molecule has 0 bridgehead atoms. The van der Waals surface area contributed by atoms with Crippen molar-refractivity contribution < 1.29 is 0 Å². The maximum Gasteiger partial charge on any atom is 0.157 e. The second-order valence-corrected chi connectivity index (χ2v) is 6.08. The summed E-state index contributed by atoms with van der Waals surface area (Å²) in [5.41, 5.74) is 1.34. The molecule has 1 aliphatic heterocycles. The second kappa shape index (κ2) is 6.28. The van der Waals surface area contributed by atoms with E-state index >= 15 is 0 Å². The third-order valence-electron chi connectivity index (χ3n) is 3.35. The molecule has 0 saturated carbocycles. The zero-order valence-corrected chi connectivity index (χ0v) is 12.2. The van der Waals surface area contributed by atoms with E-state index in [0.717, 1.165) is 17.3 Å². The monoisotopic (exact) mass is 262 g/mol. The Labute approximate surface area is 114 Å². The van der Waals surface area contributed by atoms with Crippen LogP contribution in [0.1, 0.15) is 38.8 Å². The van der Waals surface area contributed by atoms with Gasteiger partial charge in [-0.1, -0.05) is 62.9 Å². The van der Waals surface area contributed by atoms with Gasteiger partial charge in [0.2, 0.25) is 0 Å². The van der Waals surface area contributed by atoms with E-state index in [2.05, 4.69) is 56.4 Å². The molecule has 1 aromatic carbocycles. The number of thioether (sulfide) groups is 1. The summed E-state index contributed by atoms with van der Waals surface area (Å²) in [6.07, 6.45) is 1.08. The molecule has 0 aromatic heterocycles. The zero-order chi connectivity index (χ0) is 13.0. The topological polar surface area (TPSA) is 24.4 Å². The first-order valence-corrected chi connectivity index (χ1v) is 7.71. The predicted octanol–water partition coefficient (Wildman–Crippen LogP) is 3.85. The highest BCUT2D eigenvalue weighted by Gasteiger charge is 2.22. The summed E-state index contributed by atoms with van der Waals surface area (Å²) in [7, 11) is 0. The van der Waals surface area contributed by atoms with Gasteiger partial charge in [-0.25, -0.2) is 0 Å². The van der Waals surface area contributed by atoms with Crippen LogP contribution in [0.3, 0.4) is 0 Å². The molecule has 1 unspecified atom stereocenters. The Morgan fingerprint density at radius 3 is 2.61 bits per heavy atom. The summed E-state index contributed by atoms with van der Waals surface area (Å²) < 4.78 is 0. The van der Waals surface area contributed by atoms with Crippen molar-refractivity contribution >= 4 is 16.9 Å². The van der Waals surface area contributed by atoms with E-state index in [-0.39, 0.29) is 0 Å². The number of nitrogens with zero attached hydrogens (tertiary/aromatic N) is 1. The molecule has 2 rings (SSSR count). The fourth-order valence-corrected chi connectivity index (χ4v) is 3.29. The number of nitrogens with one attached hydrogen (secondary N) is 1. The van der Waals surface area contributed by atoms with Crippen molar-refractivity contribution in [3.63, 3.8) is 0 Å². The molecule has 1 heterocycles. The van der Waals surface area contributed by atoms with E-state index in [9.17, 15) is 0 Å². The lowest BCUT2D eigenvalue weighted by Crippen LogP contribution is -2.25. The molecule has 2 atom stereocenters. The minimum absolute atomic E-state index is 0.378. The van der Waals surface area contributed by atoms with Gasteiger partial charge in [0, 0.05) is 5.75 Å². The Hall–Kier alpha value is -0.960. The predicted molar refractivity (Wildman–Crippen MR) is 81.1 cm³/mol. The molecule has 2 nitrogen and oxygen atoms in total. The van der Waals surface area contributed by atoms with Crippen LogP contribution in [0.4, 0.5) is 0 Å². The lowest BCUT2D eigenvalue weighted by molar-refractivity contribution is 0.539. The molecule has 1 aromatic rings. The number of rotatable bonds is 4. The van der Waals surface area contributed by atoms with Crippen LogP contribution in [-0.4, -0.2) is 17.0 Å². The molecule has 0 amide bonds. The van der Waals surface area contributed by atoms with E-state index in [1.165, 1.54) is 5.56 Å². The van der Waals surface area contributed by atoms with Crippen molar-refractivity contribution in [2.24, 2.45) is 10.9 Å². The van der Waals surface area contributed by atoms with Crippen molar-refractivity contribution in [1.29, 1.82) is 0 Å². The summed E-state index contributed by atoms with van der Waals surface area (Å²) in [4.78, 5) is 4.77. The Balaban J connectivity index is 2.02. The van der Waals surface area contributed by atoms with Crippen LogP contribution in [-0.2, 0) is 0 Å². The summed E-state index contributed by atoms with van der Waals surface area (Å²) in [5.74, 6) is 1.75. The van der Waals surface area contributed by atoms with Crippen LogP contribution in [0.2, 0.25) is 0 Å². The van der Waals surface area contributed by atoms with Gasteiger partial charge in [-0.3, -0.25) is 4.99 Å². The van der Waals surface area contributed by atoms with Gasteiger partial charge in [-0.05, 0) is 17.9 Å². The number of hydrogen-bond acceptors (Lipinski definition) is 3. The first-order valence-electron chi connectivity index (χ1n) is 6.72. The molecule has 1 N–H and O–H groups in total. The molecule has 0 saturated heterocycles. The Morgan fingerprint density at radius 1 is 1.33 bits per heavy atom. The molecular formula is C15H22N2S. The Morgan fingerprint density at radius 2 is 2.06 bits per heavy atom. The standard InChI is InChI=1S/C15H22N2S/c1-4-13(12-8-6-5-7-9-12)16-15-17-14(10-18-15)11(2)3/h5-9,11,13-14H,4,10H2,1-3H3,(H,16,17)/t13?,14-/m1/s1. The van der Waals surface area contributed by atoms with Gasteiger partial charge in [-0.2, -0.15) is 0 Å². The number of benzene rings is 1. The van der Waals surface area contributed by atoms with Crippen molar-refractivity contribution in [3.05, 3.63) is 35.9 Å². The first kappa shape index (κ1) is 13.5. The summed E-state index contributed by atoms with van der Waals surface area (Å²) in [5, 5.41) is 4.69. The number of aliphatic imine (C=N–C) groups is 1. The van der Waals surface area contributed by atoms with Crippen LogP contribution in [0.5, 0.6) is 0 Å². The SMILES string of the molecule is CCC(NC1=N[C@@H](C(C)C)CS1)c1ccccc1. The maximum atomic E-state index is 4.77. The highest BCUT2D eigenvalue weighted by molar-refractivity contribution is 8.14. The minimum Gasteiger partial charge on any atom is -0.358 e. The van der Waals surface area contributed by atoms with Gasteiger partial charge in [-0.15, -0.1) is 0 Å². The quantitative estimate of drug-likeness (QED) is 0.891. The molecular weight excluding hydrogens is 240 g/mol. The van der Waals surface area contributed by atoms with Crippen molar-refractivity contribution in [1.82, 2.24) is 5.32 Å². The Bertz CT molecular complexity index is 400. The van der Waals surface area contributed by atoms with Gasteiger partial charge < -0.3 is 5.32 Å². The fraction of sp³-hybridized carbons (Fsp3) is 0.533. The molecule has 0 fully saturated rings.